The van der Waals surface area contributed by atoms with Gasteiger partial charge in [0.15, 0.2) is 0 Å². The van der Waals surface area contributed by atoms with Gasteiger partial charge in [-0.2, -0.15) is 0 Å². The second kappa shape index (κ2) is 6.28. The Hall–Kier alpha value is -1.85. The van der Waals surface area contributed by atoms with Crippen LogP contribution in [0.5, 0.6) is 0 Å². The van der Waals surface area contributed by atoms with Gasteiger partial charge in [-0.1, -0.05) is 0 Å². The third kappa shape index (κ3) is 3.25. The van der Waals surface area contributed by atoms with Crippen LogP contribution in [0.2, 0.25) is 0 Å². The van der Waals surface area contributed by atoms with E-state index in [1.807, 2.05) is 31.2 Å². The van der Waals surface area contributed by atoms with Crippen molar-refractivity contribution in [1.29, 1.82) is 0 Å². The zero-order chi connectivity index (χ0) is 14.7. The van der Waals surface area contributed by atoms with Gasteiger partial charge >= 0.3 is 0 Å². The monoisotopic (exact) mass is 287 g/mol. The fraction of sp³-hybridized carbons (Fsp3) is 0.438. The molecule has 2 fully saturated rings. The number of carbonyl (C=O) groups is 1. The molecule has 0 spiro atoms. The molecule has 112 valence electrons. The maximum absolute atomic E-state index is 12.1. The van der Waals surface area contributed by atoms with E-state index in [4.69, 9.17) is 4.74 Å². The van der Waals surface area contributed by atoms with Crippen LogP contribution in [-0.2, 0) is 9.53 Å². The summed E-state index contributed by atoms with van der Waals surface area (Å²) < 4.78 is 5.35. The lowest BCUT2D eigenvalue weighted by molar-refractivity contribution is -0.112. The summed E-state index contributed by atoms with van der Waals surface area (Å²) in [5.41, 5.74) is 4.03. The van der Waals surface area contributed by atoms with Crippen molar-refractivity contribution in [3.8, 4) is 0 Å². The highest BCUT2D eigenvalue weighted by Crippen LogP contribution is 2.20. The Labute approximate surface area is 125 Å². The van der Waals surface area contributed by atoms with Gasteiger partial charge in [-0.25, -0.2) is 0 Å². The van der Waals surface area contributed by atoms with E-state index in [0.29, 0.717) is 0 Å². The lowest BCUT2D eigenvalue weighted by Gasteiger charge is -2.29. The second-order valence-electron chi connectivity index (χ2n) is 5.43. The number of amides is 1. The highest BCUT2D eigenvalue weighted by Gasteiger charge is 2.16. The van der Waals surface area contributed by atoms with Gasteiger partial charge in [0, 0.05) is 43.1 Å². The van der Waals surface area contributed by atoms with Gasteiger partial charge in [-0.15, -0.1) is 0 Å². The van der Waals surface area contributed by atoms with Crippen LogP contribution in [0.1, 0.15) is 6.92 Å². The minimum absolute atomic E-state index is 0.00868. The maximum Gasteiger partial charge on any atom is 0.251 e. The Morgan fingerprint density at radius 2 is 1.86 bits per heavy atom. The molecular weight excluding hydrogens is 266 g/mol. The molecular formula is C16H21N3O2. The SMILES string of the molecule is CC(C(=O)Nc1ccc(N2CCOCC2)cc1)=C1CNC1. The normalized spacial score (nSPS) is 18.1. The summed E-state index contributed by atoms with van der Waals surface area (Å²) >= 11 is 0. The fourth-order valence-electron chi connectivity index (χ4n) is 2.48. The van der Waals surface area contributed by atoms with Crippen molar-refractivity contribution in [2.75, 3.05) is 49.6 Å². The van der Waals surface area contributed by atoms with E-state index in [1.165, 1.54) is 11.3 Å². The summed E-state index contributed by atoms with van der Waals surface area (Å²) in [5.74, 6) is -0.00868. The standard InChI is InChI=1S/C16H21N3O2/c1-12(13-10-17-11-13)16(20)18-14-2-4-15(5-3-14)19-6-8-21-9-7-19/h2-5,17H,6-11H2,1H3,(H,18,20). The molecule has 2 aliphatic heterocycles. The van der Waals surface area contributed by atoms with Gasteiger partial charge in [-0.05, 0) is 36.8 Å². The van der Waals surface area contributed by atoms with E-state index in [1.54, 1.807) is 0 Å². The van der Waals surface area contributed by atoms with Gasteiger partial charge in [0.2, 0.25) is 0 Å². The van der Waals surface area contributed by atoms with Crippen molar-refractivity contribution in [3.63, 3.8) is 0 Å². The Balaban J connectivity index is 1.62. The zero-order valence-corrected chi connectivity index (χ0v) is 12.3. The van der Waals surface area contributed by atoms with E-state index in [0.717, 1.165) is 50.7 Å². The largest absolute Gasteiger partial charge is 0.378 e. The molecule has 0 bridgehead atoms. The third-order valence-electron chi connectivity index (χ3n) is 4.05. The first-order chi connectivity index (χ1) is 10.2. The topological polar surface area (TPSA) is 53.6 Å². The van der Waals surface area contributed by atoms with Crippen molar-refractivity contribution in [2.45, 2.75) is 6.92 Å². The summed E-state index contributed by atoms with van der Waals surface area (Å²) in [5, 5.41) is 6.10. The molecule has 5 heteroatoms. The molecule has 2 saturated heterocycles. The lowest BCUT2D eigenvalue weighted by atomic mass is 10.0. The molecule has 0 atom stereocenters. The molecule has 0 unspecified atom stereocenters. The minimum Gasteiger partial charge on any atom is -0.378 e. The average molecular weight is 287 g/mol. The van der Waals surface area contributed by atoms with Crippen LogP contribution in [0.4, 0.5) is 11.4 Å². The molecule has 0 aromatic heterocycles. The number of ether oxygens (including phenoxy) is 1. The van der Waals surface area contributed by atoms with E-state index in [9.17, 15) is 4.79 Å². The van der Waals surface area contributed by atoms with Crippen molar-refractivity contribution >= 4 is 17.3 Å². The number of hydrogen-bond donors (Lipinski definition) is 2. The second-order valence-corrected chi connectivity index (χ2v) is 5.43. The van der Waals surface area contributed by atoms with Crippen LogP contribution in [0.25, 0.3) is 0 Å². The predicted molar refractivity (Wildman–Crippen MR) is 83.7 cm³/mol. The number of hydrogen-bond acceptors (Lipinski definition) is 4. The Bertz CT molecular complexity index is 539. The van der Waals surface area contributed by atoms with Gasteiger partial charge in [0.25, 0.3) is 5.91 Å². The quantitative estimate of drug-likeness (QED) is 0.825. The molecule has 0 radical (unpaired) electrons. The highest BCUT2D eigenvalue weighted by molar-refractivity contribution is 6.04. The van der Waals surface area contributed by atoms with Crippen LogP contribution in [0.15, 0.2) is 35.4 Å². The minimum atomic E-state index is -0.00868. The van der Waals surface area contributed by atoms with Crippen LogP contribution in [0, 0.1) is 0 Å². The van der Waals surface area contributed by atoms with E-state index in [-0.39, 0.29) is 5.91 Å². The number of rotatable bonds is 3. The summed E-state index contributed by atoms with van der Waals surface area (Å²) in [6, 6.07) is 8.02. The molecule has 1 aromatic carbocycles. The summed E-state index contributed by atoms with van der Waals surface area (Å²) in [6.45, 7) is 6.93. The van der Waals surface area contributed by atoms with Crippen LogP contribution < -0.4 is 15.5 Å². The number of nitrogens with one attached hydrogen (secondary N) is 2. The molecule has 0 saturated carbocycles. The van der Waals surface area contributed by atoms with Gasteiger partial charge in [0.1, 0.15) is 0 Å². The number of nitrogens with zero attached hydrogens (tertiary/aromatic N) is 1. The van der Waals surface area contributed by atoms with Crippen LogP contribution in [-0.4, -0.2) is 45.3 Å². The summed E-state index contributed by atoms with van der Waals surface area (Å²) in [7, 11) is 0. The van der Waals surface area contributed by atoms with Gasteiger partial charge in [0.05, 0.1) is 13.2 Å². The number of morpholine rings is 1. The van der Waals surface area contributed by atoms with Crippen molar-refractivity contribution in [2.24, 2.45) is 0 Å². The zero-order valence-electron chi connectivity index (χ0n) is 12.3. The van der Waals surface area contributed by atoms with E-state index < -0.39 is 0 Å². The number of anilines is 2. The van der Waals surface area contributed by atoms with Gasteiger partial charge in [-0.3, -0.25) is 4.79 Å². The summed E-state index contributed by atoms with van der Waals surface area (Å²) in [6.07, 6.45) is 0. The first kappa shape index (κ1) is 14.1. The lowest BCUT2D eigenvalue weighted by Crippen LogP contribution is -2.36. The smallest absolute Gasteiger partial charge is 0.251 e. The highest BCUT2D eigenvalue weighted by atomic mass is 16.5. The first-order valence-corrected chi connectivity index (χ1v) is 7.37. The van der Waals surface area contributed by atoms with Crippen molar-refractivity contribution < 1.29 is 9.53 Å². The third-order valence-corrected chi connectivity index (χ3v) is 4.05. The van der Waals surface area contributed by atoms with Crippen LogP contribution >= 0.6 is 0 Å². The van der Waals surface area contributed by atoms with Crippen LogP contribution in [0.3, 0.4) is 0 Å². The molecule has 3 rings (SSSR count). The first-order valence-electron chi connectivity index (χ1n) is 7.37. The molecule has 2 heterocycles. The molecule has 1 aromatic rings. The van der Waals surface area contributed by atoms with Crippen molar-refractivity contribution in [1.82, 2.24) is 5.32 Å². The number of benzene rings is 1. The molecule has 0 aliphatic carbocycles. The summed E-state index contributed by atoms with van der Waals surface area (Å²) in [4.78, 5) is 14.4. The van der Waals surface area contributed by atoms with Crippen molar-refractivity contribution in [3.05, 3.63) is 35.4 Å². The molecule has 21 heavy (non-hydrogen) atoms. The Morgan fingerprint density at radius 3 is 2.43 bits per heavy atom. The van der Waals surface area contributed by atoms with E-state index in [2.05, 4.69) is 15.5 Å². The molecule has 5 nitrogen and oxygen atoms in total. The van der Waals surface area contributed by atoms with Gasteiger partial charge < -0.3 is 20.3 Å². The molecule has 1 amide bonds. The maximum atomic E-state index is 12.1. The average Bonchev–Trinajstić information content (AvgIpc) is 2.47. The Morgan fingerprint density at radius 1 is 1.19 bits per heavy atom. The fourth-order valence-corrected chi connectivity index (χ4v) is 2.48. The molecule has 2 N–H and O–H groups in total. The Kier molecular flexibility index (Phi) is 4.22. The van der Waals surface area contributed by atoms with E-state index >= 15 is 0 Å². The predicted octanol–water partition coefficient (Wildman–Crippen LogP) is 1.38. The number of carbonyl (C=O) groups excluding carboxylic acids is 1. The molecule has 2 aliphatic rings.